The number of alkyl halides is 2. The van der Waals surface area contributed by atoms with E-state index in [1.807, 2.05) is 60.4 Å². The number of nitrogens with two attached hydrogens (primary N) is 1. The number of nitrogens with zero attached hydrogens (tertiary/aromatic N) is 9. The molecule has 6 aromatic rings. The van der Waals surface area contributed by atoms with Crippen molar-refractivity contribution in [1.29, 1.82) is 0 Å². The molecule has 47 heteroatoms. The number of aliphatic carboxylic acids is 1. The maximum atomic E-state index is 13.9. The SMILES string of the molecule is Brc1ccc(C2CC2)cn1.CC(C)(C)Nc1nc(Br)ccc1C1CC1.CC(C)(C)OC(=O)N1C[C@H](F)C[C@H]1C(=O)Nc1nc(Br)ccc1C1CC1.CC(C)(C)OC(=O)N1C[C@H](F)C[C@H]1C(=O)O.CS(=O)(=O)Cl.Cl.Cn1ccnc1.Nc1nc(Br)ccc1C1CC1.O[n+]1cc(C2CC2)ccc1Br.S.S=S.S=S=S.S=S=S=S.S=S=S=S=S. The summed E-state index contributed by atoms with van der Waals surface area (Å²) in [6, 6.07) is 18.0. The number of carboxylic acid groups (broad SMARTS) is 1. The average molecular weight is 2270 g/mol. The summed E-state index contributed by atoms with van der Waals surface area (Å²) in [5.41, 5.74) is 10.5. The van der Waals surface area contributed by atoms with E-state index in [1.54, 1.807) is 60.3 Å². The van der Waals surface area contributed by atoms with E-state index < -0.39 is 68.7 Å². The Morgan fingerprint density at radius 3 is 1.35 bits per heavy atom. The summed E-state index contributed by atoms with van der Waals surface area (Å²) >= 11 is 49.6. The minimum absolute atomic E-state index is 0. The lowest BCUT2D eigenvalue weighted by molar-refractivity contribution is -0.913. The highest BCUT2D eigenvalue weighted by atomic mass is 79.9. The summed E-state index contributed by atoms with van der Waals surface area (Å²) in [6.07, 6.45) is 18.3. The Bertz CT molecular complexity index is 4450. The van der Waals surface area contributed by atoms with Crippen molar-refractivity contribution in [3.8, 4) is 0 Å². The van der Waals surface area contributed by atoms with Gasteiger partial charge in [-0.05, 0) is 272 Å². The molecule has 2 aliphatic heterocycles. The number of pyridine rings is 5. The molecule has 5 aliphatic carbocycles. The smallest absolute Gasteiger partial charge is 0.411 e. The van der Waals surface area contributed by atoms with Crippen molar-refractivity contribution >= 4 is 310 Å². The van der Waals surface area contributed by atoms with Crippen LogP contribution in [0.15, 0.2) is 115 Å². The Morgan fingerprint density at radius 1 is 0.621 bits per heavy atom. The number of carboxylic acids is 1. The lowest BCUT2D eigenvalue weighted by atomic mass is 10.1. The minimum atomic E-state index is -3.19. The van der Waals surface area contributed by atoms with Crippen LogP contribution in [0.1, 0.15) is 197 Å². The van der Waals surface area contributed by atoms with Gasteiger partial charge in [0, 0.05) is 230 Å². The van der Waals surface area contributed by atoms with Crippen LogP contribution >= 0.6 is 116 Å². The molecule has 0 bridgehead atoms. The molecule has 0 unspecified atom stereocenters. The van der Waals surface area contributed by atoms with E-state index in [1.165, 1.54) is 123 Å². The maximum Gasteiger partial charge on any atom is 0.411 e. The van der Waals surface area contributed by atoms with Crippen LogP contribution in [0.3, 0.4) is 0 Å². The monoisotopic (exact) mass is 2260 g/mol. The van der Waals surface area contributed by atoms with E-state index >= 15 is 0 Å². The van der Waals surface area contributed by atoms with E-state index in [9.17, 15) is 41.6 Å². The van der Waals surface area contributed by atoms with Crippen LogP contribution in [0.4, 0.5) is 35.8 Å². The molecular weight excluding hydrogens is 2180 g/mol. The Balaban J connectivity index is 0.00000131. The lowest BCUT2D eigenvalue weighted by Gasteiger charge is -2.27. The predicted octanol–water partition coefficient (Wildman–Crippen LogP) is 17.3. The van der Waals surface area contributed by atoms with Crippen molar-refractivity contribution in [2.24, 2.45) is 7.05 Å². The summed E-state index contributed by atoms with van der Waals surface area (Å²) in [7, 11) is 10.5. The number of hydrogen-bond donors (Lipinski definition) is 5. The van der Waals surface area contributed by atoms with Crippen LogP contribution in [0.25, 0.3) is 0 Å². The molecule has 3 amide bonds. The average Bonchev–Trinajstić information content (AvgIpc) is 1.49. The van der Waals surface area contributed by atoms with Gasteiger partial charge in [0.1, 0.15) is 71.5 Å². The van der Waals surface area contributed by atoms with Crippen LogP contribution in [0.5, 0.6) is 0 Å². The summed E-state index contributed by atoms with van der Waals surface area (Å²) in [5, 5.41) is 24.3. The van der Waals surface area contributed by atoms with Crippen molar-refractivity contribution in [3.05, 3.63) is 143 Å². The third-order valence-electron chi connectivity index (χ3n) is 15.3. The largest absolute Gasteiger partial charge is 0.480 e. The van der Waals surface area contributed by atoms with Gasteiger partial charge < -0.3 is 35.5 Å². The molecule has 6 aromatic heterocycles. The molecule has 6 N–H and O–H groups in total. The number of amides is 3. The highest BCUT2D eigenvalue weighted by molar-refractivity contribution is 9.11. The lowest BCUT2D eigenvalue weighted by Crippen LogP contribution is -2.45. The quantitative estimate of drug-likeness (QED) is 0.0389. The topological polar surface area (TPSA) is 291 Å². The first kappa shape index (κ1) is 114. The number of carbonyl (C=O) groups is 4. The highest BCUT2D eigenvalue weighted by Crippen LogP contribution is 2.46. The minimum Gasteiger partial charge on any atom is -0.480 e. The molecule has 5 saturated carbocycles. The number of imidazole rings is 1. The number of likely N-dealkylation sites (tertiary alicyclic amines) is 2. The van der Waals surface area contributed by atoms with Gasteiger partial charge in [-0.2, -0.15) is 13.5 Å². The fraction of sp³-hybridized carbons (Fsp3) is 0.536. The van der Waals surface area contributed by atoms with Crippen LogP contribution in [-0.2, 0) is 178 Å². The normalized spacial score (nSPS) is 17.0. The van der Waals surface area contributed by atoms with Crippen LogP contribution in [0.2, 0.25) is 0 Å². The van der Waals surface area contributed by atoms with Crippen molar-refractivity contribution in [2.75, 3.05) is 35.7 Å². The number of halogens is 9. The first-order valence-electron chi connectivity index (χ1n) is 34.4. The zero-order valence-corrected chi connectivity index (χ0v) is 87.3. The zero-order chi connectivity index (χ0) is 86.4. The second kappa shape index (κ2) is 58.3. The molecule has 2 saturated heterocycles. The summed E-state index contributed by atoms with van der Waals surface area (Å²) < 4.78 is 63.1. The number of anilines is 3. The van der Waals surface area contributed by atoms with Gasteiger partial charge in [-0.15, -0.1) is 12.4 Å². The number of aryl methyl sites for hydroxylation is 1. The number of nitrogen functional groups attached to an aromatic ring is 1. The second-order valence-electron chi connectivity index (χ2n) is 28.7. The van der Waals surface area contributed by atoms with E-state index in [-0.39, 0.29) is 57.4 Å². The number of nitrogens with one attached hydrogen (secondary N) is 2. The Hall–Kier alpha value is -1.94. The molecule has 4 atom stereocenters. The number of carbonyl (C=O) groups excluding carboxylic acids is 3. The van der Waals surface area contributed by atoms with Gasteiger partial charge in [-0.1, -0.05) is 24.3 Å². The number of aromatic nitrogens is 7. The van der Waals surface area contributed by atoms with Crippen LogP contribution in [-0.4, -0.2) is 143 Å². The molecule has 0 radical (unpaired) electrons. The first-order valence-corrected chi connectivity index (χ1v) is 54.5. The first-order chi connectivity index (χ1) is 53.3. The molecule has 648 valence electrons. The van der Waals surface area contributed by atoms with E-state index in [0.717, 1.165) is 74.6 Å². The summed E-state index contributed by atoms with van der Waals surface area (Å²) in [6.45, 7) is 16.3. The Labute approximate surface area is 795 Å². The van der Waals surface area contributed by atoms with Gasteiger partial charge in [-0.3, -0.25) is 19.8 Å². The molecule has 13 rings (SSSR count). The molecular formula is C69H94Br5Cl2F2N12O10S16+. The van der Waals surface area contributed by atoms with E-state index in [4.69, 9.17) is 20.3 Å². The van der Waals surface area contributed by atoms with Crippen molar-refractivity contribution in [1.82, 2.24) is 39.3 Å². The summed E-state index contributed by atoms with van der Waals surface area (Å²) in [4.78, 5) is 70.6. The number of ether oxygens (including phenoxy) is 2. The fourth-order valence-corrected chi connectivity index (χ4v) is 14.1. The molecule has 0 aromatic carbocycles. The molecule has 8 heterocycles. The Kier molecular flexibility index (Phi) is 57.3. The third-order valence-corrected chi connectivity index (χ3v) is 24.4. The fourth-order valence-electron chi connectivity index (χ4n) is 9.92. The predicted molar refractivity (Wildman–Crippen MR) is 520 cm³/mol. The summed E-state index contributed by atoms with van der Waals surface area (Å²) in [5.74, 6) is 3.88. The van der Waals surface area contributed by atoms with Gasteiger partial charge in [0.15, 0.2) is 0 Å². The Morgan fingerprint density at radius 2 is 1.01 bits per heavy atom. The maximum absolute atomic E-state index is 13.9. The molecule has 0 spiro atoms. The zero-order valence-electron chi connectivity index (χ0n) is 64.6. The second-order valence-corrected chi connectivity index (χ2v) is 46.4. The number of hydrogen-bond acceptors (Lipinski definition) is 24. The van der Waals surface area contributed by atoms with E-state index in [0.29, 0.717) is 38.6 Å². The number of rotatable bonds is 9. The van der Waals surface area contributed by atoms with Gasteiger partial charge in [0.2, 0.25) is 21.2 Å². The third kappa shape index (κ3) is 51.4. The molecule has 7 fully saturated rings. The standard InChI is InChI=1S/C18H23BrFN3O3.C12H17BrN2.C10H16FNO4.C8H9BrN2.C8H9BrNO.C8H8BrN.C4H6N2.CH3ClO2S.ClH.S5.S4.S3.S2.H2S/c1-18(2,3)26-17(25)23-9-11(20)8-13(23)16(24)22-15-12(10-4-5-10)6-7-14(19)21-15;1-12(2,3)15-11-9(8-4-5-8)6-7-10(13)14-11;1-10(2,3)16-9(15)12-5-6(11)4-7(12)8(13)14;9-7-4-3-6(5-1-2-5)8(10)11-7;9-8-4-3-7(5-10(8)11)6-1-2-6;9-8-4-3-7(5-10-8)6-1-2-6;1-6-3-2-5-4-6;1-5(2,3)4;;1-3-5-4-2;1-3-4-2;1-3-2;1-2;/h6-7,10-11,13H,4-5,8-9H2,1-3H3,(H,21,22,24);6-8H,4-5H2,1-3H3,(H,14,15);6-7H,4-5H2,1-3H3,(H,13,14);3-5H,1-2H2,(H2,10,11);3-6,11H,1-2H2;3-6H,1-2H2;2-4H,1H3;1H3;1H;;;;;1H2/q;;;;+1;;;;;;;;;/t11-,13+;;6-,7+;;;;;;;;;;;/m1.1.........../s1. The van der Waals surface area contributed by atoms with Crippen LogP contribution < -0.4 is 21.1 Å². The van der Waals surface area contributed by atoms with Crippen molar-refractivity contribution in [3.63, 3.8) is 0 Å². The molecule has 22 nitrogen and oxygen atoms in total. The molecule has 116 heavy (non-hydrogen) atoms. The van der Waals surface area contributed by atoms with Crippen molar-refractivity contribution < 1.29 is 60.9 Å². The van der Waals surface area contributed by atoms with Gasteiger partial charge in [-0.25, -0.2) is 56.5 Å². The van der Waals surface area contributed by atoms with Gasteiger partial charge in [0.05, 0.1) is 25.7 Å². The highest BCUT2D eigenvalue weighted by Gasteiger charge is 2.44. The van der Waals surface area contributed by atoms with Crippen molar-refractivity contribution in [2.45, 2.75) is 210 Å². The van der Waals surface area contributed by atoms with E-state index in [2.05, 4.69) is 260 Å². The molecule has 7 aliphatic rings. The van der Waals surface area contributed by atoms with Gasteiger partial charge >= 0.3 is 18.2 Å². The van der Waals surface area contributed by atoms with Gasteiger partial charge in [0.25, 0.3) is 4.60 Å². The van der Waals surface area contributed by atoms with Crippen LogP contribution in [0, 0.1) is 0 Å².